The summed E-state index contributed by atoms with van der Waals surface area (Å²) in [6.07, 6.45) is -3.27. The molecule has 1 atom stereocenters. The molecule has 0 spiro atoms. The van der Waals surface area contributed by atoms with Gasteiger partial charge in [0.15, 0.2) is 5.82 Å². The second-order valence-electron chi connectivity index (χ2n) is 6.50. The van der Waals surface area contributed by atoms with E-state index in [4.69, 9.17) is 4.74 Å². The van der Waals surface area contributed by atoms with Crippen molar-refractivity contribution < 1.29 is 17.9 Å². The number of para-hydroxylation sites is 1. The normalized spacial score (nSPS) is 13.0. The van der Waals surface area contributed by atoms with Gasteiger partial charge in [-0.25, -0.2) is 4.98 Å². The zero-order chi connectivity index (χ0) is 19.5. The molecule has 2 aromatic rings. The van der Waals surface area contributed by atoms with Crippen molar-refractivity contribution in [1.82, 2.24) is 9.97 Å². The molecular formula is C19H24F3N3O. The second-order valence-corrected chi connectivity index (χ2v) is 6.50. The summed E-state index contributed by atoms with van der Waals surface area (Å²) in [5, 5.41) is 0. The number of anilines is 2. The van der Waals surface area contributed by atoms with Gasteiger partial charge < -0.3 is 9.64 Å². The van der Waals surface area contributed by atoms with E-state index in [1.807, 2.05) is 39.8 Å². The van der Waals surface area contributed by atoms with Crippen molar-refractivity contribution >= 4 is 11.5 Å². The Morgan fingerprint density at radius 2 is 1.81 bits per heavy atom. The number of ether oxygens (including phenoxy) is 1. The van der Waals surface area contributed by atoms with Crippen molar-refractivity contribution in [1.29, 1.82) is 0 Å². The fraction of sp³-hybridized carbons (Fsp3) is 0.474. The fourth-order valence-electron chi connectivity index (χ4n) is 2.53. The molecule has 0 bridgehead atoms. The monoisotopic (exact) mass is 367 g/mol. The lowest BCUT2D eigenvalue weighted by molar-refractivity contribution is -0.137. The summed E-state index contributed by atoms with van der Waals surface area (Å²) in [6.45, 7) is 7.72. The molecule has 26 heavy (non-hydrogen) atoms. The second kappa shape index (κ2) is 7.93. The van der Waals surface area contributed by atoms with Crippen molar-refractivity contribution in [2.45, 2.75) is 52.3 Å². The standard InChI is InChI=1S/C19H24F3N3O/c1-6-13(4)26-18-23-11-15(19(20,21)22)17(24-18)25(5)16-10-8-7-9-14(16)12(2)3/h7-13H,6H2,1-5H3. The number of hydrogen-bond acceptors (Lipinski definition) is 4. The van der Waals surface area contributed by atoms with Crippen molar-refractivity contribution in [3.05, 3.63) is 41.6 Å². The van der Waals surface area contributed by atoms with Crippen LogP contribution in [0.3, 0.4) is 0 Å². The molecule has 0 radical (unpaired) electrons. The summed E-state index contributed by atoms with van der Waals surface area (Å²) in [6, 6.07) is 7.29. The first-order chi connectivity index (χ1) is 12.1. The Bertz CT molecular complexity index is 747. The quantitative estimate of drug-likeness (QED) is 0.670. The van der Waals surface area contributed by atoms with Gasteiger partial charge in [-0.05, 0) is 30.9 Å². The third kappa shape index (κ3) is 4.45. The summed E-state index contributed by atoms with van der Waals surface area (Å²) in [5.74, 6) is -0.0699. The lowest BCUT2D eigenvalue weighted by atomic mass is 10.0. The first-order valence-corrected chi connectivity index (χ1v) is 8.58. The minimum atomic E-state index is -4.56. The van der Waals surface area contributed by atoms with Crippen LogP contribution in [0.4, 0.5) is 24.7 Å². The number of rotatable bonds is 6. The molecule has 1 heterocycles. The SMILES string of the molecule is CCC(C)Oc1ncc(C(F)(F)F)c(N(C)c2ccccc2C(C)C)n1. The smallest absolute Gasteiger partial charge is 0.421 e. The Morgan fingerprint density at radius 1 is 1.15 bits per heavy atom. The van der Waals surface area contributed by atoms with Gasteiger partial charge in [0.25, 0.3) is 0 Å². The van der Waals surface area contributed by atoms with Crippen molar-refractivity contribution in [2.75, 3.05) is 11.9 Å². The van der Waals surface area contributed by atoms with E-state index in [0.29, 0.717) is 12.1 Å². The number of benzene rings is 1. The van der Waals surface area contributed by atoms with Gasteiger partial charge in [-0.1, -0.05) is 39.0 Å². The molecule has 0 saturated heterocycles. The van der Waals surface area contributed by atoms with Gasteiger partial charge in [0.1, 0.15) is 5.56 Å². The Balaban J connectivity index is 2.56. The van der Waals surface area contributed by atoms with Crippen molar-refractivity contribution in [3.8, 4) is 6.01 Å². The molecule has 0 aliphatic heterocycles. The topological polar surface area (TPSA) is 38.2 Å². The minimum Gasteiger partial charge on any atom is -0.460 e. The molecule has 0 aliphatic carbocycles. The van der Waals surface area contributed by atoms with E-state index in [1.165, 1.54) is 4.90 Å². The van der Waals surface area contributed by atoms with E-state index in [0.717, 1.165) is 11.8 Å². The largest absolute Gasteiger partial charge is 0.460 e. The molecule has 7 heteroatoms. The molecular weight excluding hydrogens is 343 g/mol. The molecule has 2 rings (SSSR count). The van der Waals surface area contributed by atoms with Crippen LogP contribution in [-0.4, -0.2) is 23.1 Å². The van der Waals surface area contributed by atoms with Crippen LogP contribution in [0, 0.1) is 0 Å². The number of hydrogen-bond donors (Lipinski definition) is 0. The highest BCUT2D eigenvalue weighted by molar-refractivity contribution is 5.66. The Labute approximate surface area is 152 Å². The van der Waals surface area contributed by atoms with Crippen LogP contribution >= 0.6 is 0 Å². The number of halogens is 3. The Morgan fingerprint density at radius 3 is 2.38 bits per heavy atom. The van der Waals surface area contributed by atoms with Crippen LogP contribution in [-0.2, 0) is 6.18 Å². The fourth-order valence-corrected chi connectivity index (χ4v) is 2.53. The average Bonchev–Trinajstić information content (AvgIpc) is 2.59. The Hall–Kier alpha value is -2.31. The summed E-state index contributed by atoms with van der Waals surface area (Å²) in [4.78, 5) is 9.27. The zero-order valence-corrected chi connectivity index (χ0v) is 15.6. The average molecular weight is 367 g/mol. The lowest BCUT2D eigenvalue weighted by Crippen LogP contribution is -2.21. The van der Waals surface area contributed by atoms with Crippen LogP contribution in [0.1, 0.15) is 51.2 Å². The van der Waals surface area contributed by atoms with Crippen LogP contribution in [0.25, 0.3) is 0 Å². The lowest BCUT2D eigenvalue weighted by Gasteiger charge is -2.26. The highest BCUT2D eigenvalue weighted by Crippen LogP contribution is 2.39. The van der Waals surface area contributed by atoms with Gasteiger partial charge in [-0.2, -0.15) is 18.2 Å². The molecule has 0 saturated carbocycles. The van der Waals surface area contributed by atoms with Crippen LogP contribution in [0.15, 0.2) is 30.5 Å². The predicted octanol–water partition coefficient (Wildman–Crippen LogP) is 5.56. The van der Waals surface area contributed by atoms with E-state index in [9.17, 15) is 13.2 Å². The maximum Gasteiger partial charge on any atom is 0.421 e. The zero-order valence-electron chi connectivity index (χ0n) is 15.6. The van der Waals surface area contributed by atoms with Gasteiger partial charge in [0.05, 0.1) is 6.10 Å². The summed E-state index contributed by atoms with van der Waals surface area (Å²) in [5.41, 5.74) is 0.711. The van der Waals surface area contributed by atoms with Gasteiger partial charge >= 0.3 is 12.2 Å². The van der Waals surface area contributed by atoms with Crippen LogP contribution in [0.2, 0.25) is 0 Å². The van der Waals surface area contributed by atoms with E-state index >= 15 is 0 Å². The minimum absolute atomic E-state index is 0.0590. The molecule has 142 valence electrons. The van der Waals surface area contributed by atoms with Gasteiger partial charge in [-0.3, -0.25) is 0 Å². The molecule has 1 aromatic carbocycles. The van der Waals surface area contributed by atoms with Gasteiger partial charge in [0.2, 0.25) is 0 Å². The van der Waals surface area contributed by atoms with E-state index in [1.54, 1.807) is 19.2 Å². The molecule has 1 aromatic heterocycles. The molecule has 0 amide bonds. The first kappa shape index (κ1) is 20.0. The molecule has 1 unspecified atom stereocenters. The molecule has 0 aliphatic rings. The predicted molar refractivity (Wildman–Crippen MR) is 96.0 cm³/mol. The van der Waals surface area contributed by atoms with E-state index < -0.39 is 11.7 Å². The highest BCUT2D eigenvalue weighted by Gasteiger charge is 2.37. The van der Waals surface area contributed by atoms with Crippen molar-refractivity contribution in [2.24, 2.45) is 0 Å². The van der Waals surface area contributed by atoms with E-state index in [-0.39, 0.29) is 23.9 Å². The van der Waals surface area contributed by atoms with Crippen LogP contribution in [0.5, 0.6) is 6.01 Å². The first-order valence-electron chi connectivity index (χ1n) is 8.58. The maximum absolute atomic E-state index is 13.5. The number of nitrogens with zero attached hydrogens (tertiary/aromatic N) is 3. The Kier molecular flexibility index (Phi) is 6.10. The molecule has 4 nitrogen and oxygen atoms in total. The van der Waals surface area contributed by atoms with Gasteiger partial charge in [0, 0.05) is 18.9 Å². The van der Waals surface area contributed by atoms with Gasteiger partial charge in [-0.15, -0.1) is 0 Å². The van der Waals surface area contributed by atoms with Crippen molar-refractivity contribution in [3.63, 3.8) is 0 Å². The highest BCUT2D eigenvalue weighted by atomic mass is 19.4. The number of alkyl halides is 3. The maximum atomic E-state index is 13.5. The summed E-state index contributed by atoms with van der Waals surface area (Å²) < 4.78 is 46.0. The summed E-state index contributed by atoms with van der Waals surface area (Å²) in [7, 11) is 1.58. The van der Waals surface area contributed by atoms with E-state index in [2.05, 4.69) is 9.97 Å². The molecule has 0 fully saturated rings. The van der Waals surface area contributed by atoms with Crippen LogP contribution < -0.4 is 9.64 Å². The number of aromatic nitrogens is 2. The third-order valence-corrected chi connectivity index (χ3v) is 4.17. The third-order valence-electron chi connectivity index (χ3n) is 4.17. The molecule has 0 N–H and O–H groups in total. The summed E-state index contributed by atoms with van der Waals surface area (Å²) >= 11 is 0.